The van der Waals surface area contributed by atoms with Crippen molar-refractivity contribution < 1.29 is 18.8 Å². The van der Waals surface area contributed by atoms with Gasteiger partial charge in [-0.25, -0.2) is 4.79 Å². The fourth-order valence-electron chi connectivity index (χ4n) is 4.11. The molecule has 4 rings (SSSR count). The zero-order valence-electron chi connectivity index (χ0n) is 21.7. The molecule has 0 bridgehead atoms. The smallest absolute Gasteiger partial charge is 0.381 e. The van der Waals surface area contributed by atoms with E-state index in [1.165, 1.54) is 13.8 Å². The standard InChI is InChI=1S/C30H27ClN4O4/c1-19(25(17-20-12-14-24(31)15-13-20)23-11-7-8-21(16-23)18-32)33-29(37)30(2,3)38-28(36)26-34-27(39-35-26)22-9-5-4-6-10-22/h4-16,19,25H,17H2,1-3H3,(H,33,37)/t19-,25+/m0/s1. The van der Waals surface area contributed by atoms with Crippen LogP contribution in [0, 0.1) is 11.3 Å². The second-order valence-corrected chi connectivity index (χ2v) is 10.1. The van der Waals surface area contributed by atoms with Crippen LogP contribution >= 0.6 is 11.6 Å². The third kappa shape index (κ3) is 6.89. The molecule has 1 amide bonds. The molecule has 9 heteroatoms. The zero-order valence-corrected chi connectivity index (χ0v) is 22.5. The van der Waals surface area contributed by atoms with Gasteiger partial charge < -0.3 is 14.6 Å². The van der Waals surface area contributed by atoms with Crippen molar-refractivity contribution in [2.45, 2.75) is 44.8 Å². The number of amides is 1. The lowest BCUT2D eigenvalue weighted by Crippen LogP contribution is -2.50. The Labute approximate surface area is 231 Å². The van der Waals surface area contributed by atoms with Crippen LogP contribution in [0.25, 0.3) is 11.5 Å². The van der Waals surface area contributed by atoms with Gasteiger partial charge in [0.15, 0.2) is 5.60 Å². The van der Waals surface area contributed by atoms with Crippen molar-refractivity contribution in [3.63, 3.8) is 0 Å². The van der Waals surface area contributed by atoms with Crippen LogP contribution in [0.5, 0.6) is 0 Å². The first-order valence-corrected chi connectivity index (χ1v) is 12.7. The highest BCUT2D eigenvalue weighted by molar-refractivity contribution is 6.30. The Morgan fingerprint density at radius 3 is 2.49 bits per heavy atom. The van der Waals surface area contributed by atoms with Crippen LogP contribution in [-0.2, 0) is 16.0 Å². The third-order valence-corrected chi connectivity index (χ3v) is 6.55. The summed E-state index contributed by atoms with van der Waals surface area (Å²) < 4.78 is 10.7. The van der Waals surface area contributed by atoms with Crippen molar-refractivity contribution in [2.75, 3.05) is 0 Å². The maximum Gasteiger partial charge on any atom is 0.381 e. The highest BCUT2D eigenvalue weighted by atomic mass is 35.5. The maximum atomic E-state index is 13.3. The van der Waals surface area contributed by atoms with Crippen LogP contribution < -0.4 is 5.32 Å². The molecule has 0 unspecified atom stereocenters. The number of carbonyl (C=O) groups excluding carboxylic acids is 2. The highest BCUT2D eigenvalue weighted by Crippen LogP contribution is 2.27. The minimum atomic E-state index is -1.53. The van der Waals surface area contributed by atoms with Crippen molar-refractivity contribution >= 4 is 23.5 Å². The van der Waals surface area contributed by atoms with Crippen molar-refractivity contribution in [3.05, 3.63) is 106 Å². The summed E-state index contributed by atoms with van der Waals surface area (Å²) in [5, 5.41) is 16.7. The van der Waals surface area contributed by atoms with Crippen molar-refractivity contribution in [1.29, 1.82) is 5.26 Å². The summed E-state index contributed by atoms with van der Waals surface area (Å²) in [6.07, 6.45) is 0.582. The van der Waals surface area contributed by atoms with Gasteiger partial charge in [0.2, 0.25) is 0 Å². The van der Waals surface area contributed by atoms with E-state index in [2.05, 4.69) is 21.5 Å². The SMILES string of the molecule is C[C@H](NC(=O)C(C)(C)OC(=O)c1noc(-c2ccccc2)n1)[C@@H](Cc1ccc(Cl)cc1)c1cccc(C#N)c1. The van der Waals surface area contributed by atoms with Crippen LogP contribution in [0.15, 0.2) is 83.4 Å². The number of nitrogens with zero attached hydrogens (tertiary/aromatic N) is 3. The summed E-state index contributed by atoms with van der Waals surface area (Å²) in [5.74, 6) is -1.67. The van der Waals surface area contributed by atoms with Gasteiger partial charge in [0, 0.05) is 22.5 Å². The number of esters is 1. The largest absolute Gasteiger partial charge is 0.444 e. The van der Waals surface area contributed by atoms with E-state index in [0.29, 0.717) is 22.6 Å². The molecular formula is C30H27ClN4O4. The van der Waals surface area contributed by atoms with Crippen LogP contribution in [0.3, 0.4) is 0 Å². The lowest BCUT2D eigenvalue weighted by molar-refractivity contribution is -0.138. The zero-order chi connectivity index (χ0) is 28.0. The van der Waals surface area contributed by atoms with E-state index in [0.717, 1.165) is 11.1 Å². The summed E-state index contributed by atoms with van der Waals surface area (Å²) in [5.41, 5.74) is 1.56. The maximum absolute atomic E-state index is 13.3. The van der Waals surface area contributed by atoms with Gasteiger partial charge in [-0.2, -0.15) is 10.2 Å². The van der Waals surface area contributed by atoms with E-state index >= 15 is 0 Å². The van der Waals surface area contributed by atoms with E-state index in [9.17, 15) is 14.9 Å². The molecule has 0 fully saturated rings. The first kappa shape index (κ1) is 27.6. The number of carbonyl (C=O) groups is 2. The monoisotopic (exact) mass is 542 g/mol. The van der Waals surface area contributed by atoms with Crippen molar-refractivity contribution in [2.24, 2.45) is 0 Å². The number of rotatable bonds is 9. The number of hydrogen-bond donors (Lipinski definition) is 1. The third-order valence-electron chi connectivity index (χ3n) is 6.30. The summed E-state index contributed by atoms with van der Waals surface area (Å²) >= 11 is 6.06. The molecule has 3 aromatic carbocycles. The lowest BCUT2D eigenvalue weighted by Gasteiger charge is -2.30. The number of ether oxygens (including phenoxy) is 1. The lowest BCUT2D eigenvalue weighted by atomic mass is 9.85. The predicted octanol–water partition coefficient (Wildman–Crippen LogP) is 5.73. The Hall–Kier alpha value is -4.48. The van der Waals surface area contributed by atoms with Crippen molar-refractivity contribution in [3.8, 4) is 17.5 Å². The summed E-state index contributed by atoms with van der Waals surface area (Å²) in [6, 6.07) is 25.6. The van der Waals surface area contributed by atoms with E-state index in [-0.39, 0.29) is 23.7 Å². The van der Waals surface area contributed by atoms with Crippen molar-refractivity contribution in [1.82, 2.24) is 15.5 Å². The number of halogens is 1. The predicted molar refractivity (Wildman–Crippen MR) is 146 cm³/mol. The van der Waals surface area contributed by atoms with Crippen LogP contribution in [-0.4, -0.2) is 33.7 Å². The average Bonchev–Trinajstić information content (AvgIpc) is 3.44. The molecule has 39 heavy (non-hydrogen) atoms. The molecule has 0 aliphatic heterocycles. The van der Waals surface area contributed by atoms with Gasteiger partial charge in [-0.15, -0.1) is 0 Å². The molecule has 198 valence electrons. The quantitative estimate of drug-likeness (QED) is 0.268. The van der Waals surface area contributed by atoms with E-state index in [1.54, 1.807) is 18.2 Å². The first-order chi connectivity index (χ1) is 18.7. The van der Waals surface area contributed by atoms with Gasteiger partial charge in [0.05, 0.1) is 11.6 Å². The van der Waals surface area contributed by atoms with E-state index < -0.39 is 17.5 Å². The Kier molecular flexibility index (Phi) is 8.43. The molecule has 4 aromatic rings. The van der Waals surface area contributed by atoms with Gasteiger partial charge in [0.25, 0.3) is 17.6 Å². The topological polar surface area (TPSA) is 118 Å². The molecule has 0 radical (unpaired) electrons. The summed E-state index contributed by atoms with van der Waals surface area (Å²) in [4.78, 5) is 30.2. The summed E-state index contributed by atoms with van der Waals surface area (Å²) in [7, 11) is 0. The Balaban J connectivity index is 1.48. The van der Waals surface area contributed by atoms with Gasteiger partial charge in [-0.1, -0.05) is 54.1 Å². The van der Waals surface area contributed by atoms with E-state index in [4.69, 9.17) is 20.9 Å². The molecule has 8 nitrogen and oxygen atoms in total. The average molecular weight is 543 g/mol. The second-order valence-electron chi connectivity index (χ2n) is 9.63. The second kappa shape index (κ2) is 11.9. The molecule has 2 atom stereocenters. The molecule has 1 N–H and O–H groups in total. The number of hydrogen-bond acceptors (Lipinski definition) is 7. The Morgan fingerprint density at radius 2 is 1.79 bits per heavy atom. The molecular weight excluding hydrogens is 516 g/mol. The normalized spacial score (nSPS) is 12.7. The van der Waals surface area contributed by atoms with Crippen LogP contribution in [0.4, 0.5) is 0 Å². The minimum absolute atomic E-state index is 0.170. The number of nitriles is 1. The Bertz CT molecular complexity index is 1490. The molecule has 0 spiro atoms. The molecule has 1 aromatic heterocycles. The van der Waals surface area contributed by atoms with Crippen LogP contribution in [0.1, 0.15) is 54.0 Å². The molecule has 0 aliphatic carbocycles. The Morgan fingerprint density at radius 1 is 1.08 bits per heavy atom. The van der Waals surface area contributed by atoms with Gasteiger partial charge in [-0.05, 0) is 79.9 Å². The van der Waals surface area contributed by atoms with E-state index in [1.807, 2.05) is 67.6 Å². The van der Waals surface area contributed by atoms with Gasteiger partial charge in [0.1, 0.15) is 0 Å². The molecule has 0 aliphatic rings. The minimum Gasteiger partial charge on any atom is -0.444 e. The molecule has 0 saturated heterocycles. The number of benzene rings is 3. The fourth-order valence-corrected chi connectivity index (χ4v) is 4.23. The first-order valence-electron chi connectivity index (χ1n) is 12.3. The number of aromatic nitrogens is 2. The molecule has 1 heterocycles. The van der Waals surface area contributed by atoms with Gasteiger partial charge >= 0.3 is 5.97 Å². The fraction of sp³-hybridized carbons (Fsp3) is 0.233. The highest BCUT2D eigenvalue weighted by Gasteiger charge is 2.36. The van der Waals surface area contributed by atoms with Gasteiger partial charge in [-0.3, -0.25) is 4.79 Å². The molecule has 0 saturated carbocycles. The number of nitrogens with one attached hydrogen (secondary N) is 1. The summed E-state index contributed by atoms with van der Waals surface area (Å²) in [6.45, 7) is 4.87. The van der Waals surface area contributed by atoms with Crippen LogP contribution in [0.2, 0.25) is 5.02 Å².